The number of hydrogen-bond donors (Lipinski definition) is 1. The first-order valence-electron chi connectivity index (χ1n) is 7.44. The van der Waals surface area contributed by atoms with Gasteiger partial charge in [0.05, 0.1) is 11.0 Å². The van der Waals surface area contributed by atoms with Gasteiger partial charge in [-0.25, -0.2) is 0 Å². The Morgan fingerprint density at radius 1 is 1.29 bits per heavy atom. The monoisotopic (exact) mass is 284 g/mol. The van der Waals surface area contributed by atoms with Crippen LogP contribution in [0.25, 0.3) is 11.0 Å². The third kappa shape index (κ3) is 2.61. The molecule has 5 nitrogen and oxygen atoms in total. The average Bonchev–Trinajstić information content (AvgIpc) is 2.53. The molecule has 2 atom stereocenters. The minimum absolute atomic E-state index is 0.0465. The lowest BCUT2D eigenvalue weighted by atomic mass is 9.95. The number of benzene rings is 1. The van der Waals surface area contributed by atoms with E-state index in [2.05, 4.69) is 16.9 Å². The summed E-state index contributed by atoms with van der Waals surface area (Å²) in [5.74, 6) is 0.0465. The van der Waals surface area contributed by atoms with Crippen LogP contribution >= 0.6 is 0 Å². The summed E-state index contributed by atoms with van der Waals surface area (Å²) in [6, 6.07) is 5.87. The third-order valence-electron chi connectivity index (χ3n) is 4.25. The molecule has 0 spiro atoms. The number of piperidine rings is 1. The number of carbonyl (C=O) groups excluding carboxylic acids is 1. The highest BCUT2D eigenvalue weighted by molar-refractivity contribution is 5.97. The normalized spacial score (nSPS) is 22.5. The summed E-state index contributed by atoms with van der Waals surface area (Å²) >= 11 is 0. The molecule has 0 bridgehead atoms. The number of likely N-dealkylation sites (tertiary alicyclic amines) is 1. The van der Waals surface area contributed by atoms with Crippen LogP contribution in [-0.4, -0.2) is 39.4 Å². The van der Waals surface area contributed by atoms with Crippen LogP contribution < -0.4 is 5.73 Å². The molecule has 3 rings (SSSR count). The van der Waals surface area contributed by atoms with Crippen LogP contribution in [0.5, 0.6) is 0 Å². The Bertz CT molecular complexity index is 658. The minimum Gasteiger partial charge on any atom is -0.332 e. The highest BCUT2D eigenvalue weighted by Crippen LogP contribution is 2.25. The molecule has 110 valence electrons. The summed E-state index contributed by atoms with van der Waals surface area (Å²) in [4.78, 5) is 23.3. The number of amides is 1. The van der Waals surface area contributed by atoms with E-state index in [0.29, 0.717) is 12.1 Å². The van der Waals surface area contributed by atoms with E-state index >= 15 is 0 Å². The molecule has 21 heavy (non-hydrogen) atoms. The van der Waals surface area contributed by atoms with E-state index in [9.17, 15) is 4.79 Å². The fraction of sp³-hybridized carbons (Fsp3) is 0.438. The van der Waals surface area contributed by atoms with E-state index in [1.807, 2.05) is 23.1 Å². The van der Waals surface area contributed by atoms with Crippen LogP contribution in [0.4, 0.5) is 0 Å². The number of fused-ring (bicyclic) bond motifs is 1. The molecule has 2 unspecified atom stereocenters. The second-order valence-corrected chi connectivity index (χ2v) is 5.64. The summed E-state index contributed by atoms with van der Waals surface area (Å²) in [6.07, 6.45) is 6.45. The van der Waals surface area contributed by atoms with E-state index in [0.717, 1.165) is 30.3 Å². The third-order valence-corrected chi connectivity index (χ3v) is 4.25. The van der Waals surface area contributed by atoms with Crippen molar-refractivity contribution in [1.82, 2.24) is 14.9 Å². The lowest BCUT2D eigenvalue weighted by Crippen LogP contribution is -2.51. The first-order valence-corrected chi connectivity index (χ1v) is 7.44. The van der Waals surface area contributed by atoms with Crippen molar-refractivity contribution in [2.75, 3.05) is 6.54 Å². The summed E-state index contributed by atoms with van der Waals surface area (Å²) in [6.45, 7) is 2.62. The quantitative estimate of drug-likeness (QED) is 0.915. The van der Waals surface area contributed by atoms with Crippen molar-refractivity contribution >= 4 is 16.9 Å². The molecule has 2 N–H and O–H groups in total. The zero-order chi connectivity index (χ0) is 14.8. The van der Waals surface area contributed by atoms with Gasteiger partial charge in [-0.2, -0.15) is 0 Å². The largest absolute Gasteiger partial charge is 0.332 e. The van der Waals surface area contributed by atoms with Gasteiger partial charge in [0.2, 0.25) is 0 Å². The van der Waals surface area contributed by atoms with E-state index in [1.54, 1.807) is 12.4 Å². The van der Waals surface area contributed by atoms with Gasteiger partial charge in [0.15, 0.2) is 0 Å². The standard InChI is InChI=1S/C16H20N4O/c1-11-3-2-4-13(10-17)20(11)16(21)12-5-6-14-15(9-12)19-8-7-18-14/h5-9,11,13H,2-4,10,17H2,1H3. The van der Waals surface area contributed by atoms with Crippen molar-refractivity contribution in [2.45, 2.75) is 38.3 Å². The highest BCUT2D eigenvalue weighted by Gasteiger charge is 2.31. The Hall–Kier alpha value is -2.01. The minimum atomic E-state index is 0.0465. The Morgan fingerprint density at radius 2 is 2.05 bits per heavy atom. The van der Waals surface area contributed by atoms with Crippen LogP contribution in [0, 0.1) is 0 Å². The summed E-state index contributed by atoms with van der Waals surface area (Å²) in [7, 11) is 0. The molecule has 0 radical (unpaired) electrons. The maximum absolute atomic E-state index is 12.8. The van der Waals surface area contributed by atoms with Gasteiger partial charge in [0, 0.05) is 36.6 Å². The second-order valence-electron chi connectivity index (χ2n) is 5.64. The van der Waals surface area contributed by atoms with Crippen molar-refractivity contribution in [1.29, 1.82) is 0 Å². The Labute approximate surface area is 124 Å². The molecule has 1 saturated heterocycles. The first-order chi connectivity index (χ1) is 10.2. The molecule has 1 aromatic carbocycles. The van der Waals surface area contributed by atoms with Gasteiger partial charge in [-0.1, -0.05) is 0 Å². The molecule has 1 aliphatic rings. The van der Waals surface area contributed by atoms with E-state index < -0.39 is 0 Å². The van der Waals surface area contributed by atoms with Crippen LogP contribution in [0.15, 0.2) is 30.6 Å². The van der Waals surface area contributed by atoms with Crippen LogP contribution in [-0.2, 0) is 0 Å². The SMILES string of the molecule is CC1CCCC(CN)N1C(=O)c1ccc2nccnc2c1. The van der Waals surface area contributed by atoms with Gasteiger partial charge >= 0.3 is 0 Å². The van der Waals surface area contributed by atoms with Gasteiger partial charge in [-0.3, -0.25) is 14.8 Å². The Morgan fingerprint density at radius 3 is 2.81 bits per heavy atom. The van der Waals surface area contributed by atoms with Crippen molar-refractivity contribution in [3.05, 3.63) is 36.2 Å². The summed E-state index contributed by atoms with van der Waals surface area (Å²) in [5.41, 5.74) is 8.06. The molecule has 0 aliphatic carbocycles. The molecule has 5 heteroatoms. The number of nitrogens with two attached hydrogens (primary N) is 1. The predicted molar refractivity (Wildman–Crippen MR) is 81.9 cm³/mol. The average molecular weight is 284 g/mol. The van der Waals surface area contributed by atoms with Crippen molar-refractivity contribution in [2.24, 2.45) is 5.73 Å². The molecule has 1 amide bonds. The predicted octanol–water partition coefficient (Wildman–Crippen LogP) is 1.97. The first kappa shape index (κ1) is 13.9. The number of nitrogens with zero attached hydrogens (tertiary/aromatic N) is 3. The highest BCUT2D eigenvalue weighted by atomic mass is 16.2. The maximum Gasteiger partial charge on any atom is 0.254 e. The number of rotatable bonds is 2. The Kier molecular flexibility index (Phi) is 3.84. The summed E-state index contributed by atoms with van der Waals surface area (Å²) < 4.78 is 0. The van der Waals surface area contributed by atoms with Crippen molar-refractivity contribution < 1.29 is 4.79 Å². The molecule has 1 aliphatic heterocycles. The van der Waals surface area contributed by atoms with E-state index in [1.165, 1.54) is 0 Å². The molecule has 1 aromatic heterocycles. The fourth-order valence-electron chi connectivity index (χ4n) is 3.13. The second kappa shape index (κ2) is 5.77. The molecule has 2 heterocycles. The fourth-order valence-corrected chi connectivity index (χ4v) is 3.13. The van der Waals surface area contributed by atoms with Crippen LogP contribution in [0.3, 0.4) is 0 Å². The molecular formula is C16H20N4O. The lowest BCUT2D eigenvalue weighted by molar-refractivity contribution is 0.0494. The van der Waals surface area contributed by atoms with Gasteiger partial charge in [-0.15, -0.1) is 0 Å². The van der Waals surface area contributed by atoms with Gasteiger partial charge in [0.1, 0.15) is 0 Å². The smallest absolute Gasteiger partial charge is 0.254 e. The zero-order valence-electron chi connectivity index (χ0n) is 12.2. The van der Waals surface area contributed by atoms with Crippen LogP contribution in [0.1, 0.15) is 36.5 Å². The summed E-state index contributed by atoms with van der Waals surface area (Å²) in [5, 5.41) is 0. The van der Waals surface area contributed by atoms with E-state index in [4.69, 9.17) is 5.73 Å². The lowest BCUT2D eigenvalue weighted by Gasteiger charge is -2.40. The molecule has 2 aromatic rings. The van der Waals surface area contributed by atoms with Gasteiger partial charge in [-0.05, 0) is 44.4 Å². The zero-order valence-corrected chi connectivity index (χ0v) is 12.2. The Balaban J connectivity index is 1.94. The van der Waals surface area contributed by atoms with E-state index in [-0.39, 0.29) is 18.0 Å². The molecular weight excluding hydrogens is 264 g/mol. The molecule has 1 fully saturated rings. The van der Waals surface area contributed by atoms with Crippen molar-refractivity contribution in [3.63, 3.8) is 0 Å². The van der Waals surface area contributed by atoms with Gasteiger partial charge < -0.3 is 10.6 Å². The number of hydrogen-bond acceptors (Lipinski definition) is 4. The maximum atomic E-state index is 12.8. The van der Waals surface area contributed by atoms with Crippen molar-refractivity contribution in [3.8, 4) is 0 Å². The topological polar surface area (TPSA) is 72.1 Å². The molecule has 0 saturated carbocycles. The van der Waals surface area contributed by atoms with Crippen LogP contribution in [0.2, 0.25) is 0 Å². The number of carbonyl (C=O) groups is 1. The number of aromatic nitrogens is 2. The van der Waals surface area contributed by atoms with Gasteiger partial charge in [0.25, 0.3) is 5.91 Å².